The van der Waals surface area contributed by atoms with Gasteiger partial charge in [0, 0.05) is 23.5 Å². The topological polar surface area (TPSA) is 38.3 Å². The van der Waals surface area contributed by atoms with Crippen molar-refractivity contribution in [3.8, 4) is 16.9 Å². The number of thiophene rings is 1. The molecule has 0 bridgehead atoms. The third-order valence-corrected chi connectivity index (χ3v) is 6.73. The Balaban J connectivity index is 1.83. The predicted octanol–water partition coefficient (Wildman–Crippen LogP) is 6.14. The molecule has 0 spiro atoms. The molecule has 0 atom stereocenters. The Bertz CT molecular complexity index is 958. The number of hydrogen-bond acceptors (Lipinski definition) is 5. The van der Waals surface area contributed by atoms with Gasteiger partial charge >= 0.3 is 0 Å². The van der Waals surface area contributed by atoms with Crippen molar-refractivity contribution in [2.45, 2.75) is 58.9 Å². The van der Waals surface area contributed by atoms with Crippen LogP contribution in [0.3, 0.4) is 0 Å². The third-order valence-electron chi connectivity index (χ3n) is 5.73. The molecule has 1 aliphatic carbocycles. The van der Waals surface area contributed by atoms with Crippen LogP contribution in [-0.4, -0.2) is 29.7 Å². The van der Waals surface area contributed by atoms with Crippen molar-refractivity contribution in [2.75, 3.05) is 18.6 Å². The first-order valence-corrected chi connectivity index (χ1v) is 11.1. The number of aromatic nitrogens is 2. The second-order valence-electron chi connectivity index (χ2n) is 7.67. The minimum absolute atomic E-state index is 0.569. The molecule has 3 aromatic rings. The molecule has 0 amide bonds. The number of hydrogen-bond donors (Lipinski definition) is 0. The zero-order valence-electron chi connectivity index (χ0n) is 17.3. The van der Waals surface area contributed by atoms with E-state index in [-0.39, 0.29) is 0 Å². The van der Waals surface area contributed by atoms with Gasteiger partial charge in [-0.25, -0.2) is 9.97 Å². The molecule has 1 aromatic carbocycles. The van der Waals surface area contributed by atoms with Crippen LogP contribution in [0.4, 0.5) is 5.82 Å². The van der Waals surface area contributed by atoms with Crippen molar-refractivity contribution in [3.63, 3.8) is 0 Å². The van der Waals surface area contributed by atoms with Crippen LogP contribution < -0.4 is 9.64 Å². The molecule has 5 heteroatoms. The molecule has 0 radical (unpaired) electrons. The fraction of sp³-hybridized carbons (Fsp3) is 0.478. The van der Waals surface area contributed by atoms with Crippen molar-refractivity contribution in [1.29, 1.82) is 0 Å². The molecule has 1 aliphatic rings. The van der Waals surface area contributed by atoms with E-state index in [1.165, 1.54) is 53.5 Å². The smallest absolute Gasteiger partial charge is 0.141 e. The lowest BCUT2D eigenvalue weighted by Gasteiger charge is -2.32. The van der Waals surface area contributed by atoms with E-state index in [2.05, 4.69) is 43.1 Å². The normalized spacial score (nSPS) is 15.1. The highest BCUT2D eigenvalue weighted by atomic mass is 32.1. The second kappa shape index (κ2) is 8.08. The number of benzene rings is 1. The van der Waals surface area contributed by atoms with Crippen molar-refractivity contribution in [2.24, 2.45) is 0 Å². The van der Waals surface area contributed by atoms with E-state index in [0.29, 0.717) is 12.6 Å². The molecule has 0 aliphatic heterocycles. The van der Waals surface area contributed by atoms with Gasteiger partial charge in [0.1, 0.15) is 22.2 Å². The lowest BCUT2D eigenvalue weighted by molar-refractivity contribution is 0.340. The van der Waals surface area contributed by atoms with Crippen LogP contribution in [0.5, 0.6) is 5.75 Å². The minimum Gasteiger partial charge on any atom is -0.494 e. The predicted molar refractivity (Wildman–Crippen MR) is 119 cm³/mol. The molecule has 148 valence electrons. The first-order valence-electron chi connectivity index (χ1n) is 10.3. The van der Waals surface area contributed by atoms with E-state index in [1.807, 2.05) is 13.8 Å². The fourth-order valence-electron chi connectivity index (χ4n) is 4.33. The van der Waals surface area contributed by atoms with Gasteiger partial charge < -0.3 is 9.64 Å². The second-order valence-corrected chi connectivity index (χ2v) is 8.87. The van der Waals surface area contributed by atoms with Gasteiger partial charge in [0.25, 0.3) is 0 Å². The van der Waals surface area contributed by atoms with Gasteiger partial charge in [-0.1, -0.05) is 31.4 Å². The van der Waals surface area contributed by atoms with Crippen LogP contribution in [0.25, 0.3) is 21.3 Å². The highest BCUT2D eigenvalue weighted by Gasteiger charge is 2.25. The zero-order chi connectivity index (χ0) is 19.7. The number of rotatable bonds is 5. The summed E-state index contributed by atoms with van der Waals surface area (Å²) in [6.07, 6.45) is 6.50. The van der Waals surface area contributed by atoms with Gasteiger partial charge in [-0.3, -0.25) is 0 Å². The molecule has 0 saturated heterocycles. The Morgan fingerprint density at radius 2 is 1.79 bits per heavy atom. The lowest BCUT2D eigenvalue weighted by Crippen LogP contribution is -2.34. The monoisotopic (exact) mass is 395 g/mol. The lowest BCUT2D eigenvalue weighted by atomic mass is 9.94. The maximum Gasteiger partial charge on any atom is 0.141 e. The Morgan fingerprint density at radius 3 is 2.46 bits per heavy atom. The fourth-order valence-corrected chi connectivity index (χ4v) is 5.41. The van der Waals surface area contributed by atoms with E-state index in [9.17, 15) is 0 Å². The standard InChI is InChI=1S/C23H29N3OS/c1-5-27-19-13-11-17(12-14-19)20-15(2)28-23-21(20)22(24-16(3)25-23)26(4)18-9-7-6-8-10-18/h11-14,18H,5-10H2,1-4H3. The molecular weight excluding hydrogens is 366 g/mol. The number of ether oxygens (including phenoxy) is 1. The molecule has 1 fully saturated rings. The summed E-state index contributed by atoms with van der Waals surface area (Å²) < 4.78 is 5.62. The first kappa shape index (κ1) is 19.2. The van der Waals surface area contributed by atoms with Crippen molar-refractivity contribution >= 4 is 27.4 Å². The summed E-state index contributed by atoms with van der Waals surface area (Å²) in [5, 5.41) is 1.20. The van der Waals surface area contributed by atoms with Crippen molar-refractivity contribution < 1.29 is 4.74 Å². The van der Waals surface area contributed by atoms with Gasteiger partial charge in [-0.15, -0.1) is 11.3 Å². The maximum absolute atomic E-state index is 5.62. The van der Waals surface area contributed by atoms with Crippen LogP contribution in [0.2, 0.25) is 0 Å². The van der Waals surface area contributed by atoms with Gasteiger partial charge in [-0.2, -0.15) is 0 Å². The summed E-state index contributed by atoms with van der Waals surface area (Å²) in [5.74, 6) is 2.85. The molecule has 4 rings (SSSR count). The molecule has 2 heterocycles. The number of nitrogens with zero attached hydrogens (tertiary/aromatic N) is 3. The van der Waals surface area contributed by atoms with Gasteiger partial charge in [-0.05, 0) is 51.3 Å². The van der Waals surface area contributed by atoms with Gasteiger partial charge in [0.05, 0.1) is 12.0 Å². The van der Waals surface area contributed by atoms with Crippen LogP contribution in [0.15, 0.2) is 24.3 Å². The summed E-state index contributed by atoms with van der Waals surface area (Å²) >= 11 is 1.77. The molecule has 4 nitrogen and oxygen atoms in total. The van der Waals surface area contributed by atoms with E-state index >= 15 is 0 Å². The van der Waals surface area contributed by atoms with E-state index in [0.717, 1.165) is 22.2 Å². The Hall–Kier alpha value is -2.14. The minimum atomic E-state index is 0.569. The van der Waals surface area contributed by atoms with E-state index in [4.69, 9.17) is 14.7 Å². The van der Waals surface area contributed by atoms with Crippen LogP contribution >= 0.6 is 11.3 Å². The molecule has 28 heavy (non-hydrogen) atoms. The summed E-state index contributed by atoms with van der Waals surface area (Å²) in [4.78, 5) is 14.5. The molecule has 1 saturated carbocycles. The Morgan fingerprint density at radius 1 is 1.07 bits per heavy atom. The van der Waals surface area contributed by atoms with E-state index in [1.54, 1.807) is 11.3 Å². The van der Waals surface area contributed by atoms with Crippen LogP contribution in [0.1, 0.15) is 49.7 Å². The van der Waals surface area contributed by atoms with Crippen molar-refractivity contribution in [1.82, 2.24) is 9.97 Å². The Labute approximate surface area is 171 Å². The highest BCUT2D eigenvalue weighted by Crippen LogP contribution is 2.43. The quantitative estimate of drug-likeness (QED) is 0.520. The van der Waals surface area contributed by atoms with Gasteiger partial charge in [0.2, 0.25) is 0 Å². The summed E-state index contributed by atoms with van der Waals surface area (Å²) in [5.41, 5.74) is 2.47. The molecule has 0 unspecified atom stereocenters. The summed E-state index contributed by atoms with van der Waals surface area (Å²) in [7, 11) is 2.21. The van der Waals surface area contributed by atoms with Crippen molar-refractivity contribution in [3.05, 3.63) is 35.0 Å². The number of fused-ring (bicyclic) bond motifs is 1. The van der Waals surface area contributed by atoms with Crippen LogP contribution in [0, 0.1) is 13.8 Å². The third kappa shape index (κ3) is 3.60. The summed E-state index contributed by atoms with van der Waals surface area (Å²) in [6.45, 7) is 6.89. The number of anilines is 1. The summed E-state index contributed by atoms with van der Waals surface area (Å²) in [6, 6.07) is 9.00. The molecule has 2 aromatic heterocycles. The molecular formula is C23H29N3OS. The zero-order valence-corrected chi connectivity index (χ0v) is 18.1. The average molecular weight is 396 g/mol. The maximum atomic E-state index is 5.62. The average Bonchev–Trinajstić information content (AvgIpc) is 3.04. The van der Waals surface area contributed by atoms with Gasteiger partial charge in [0.15, 0.2) is 0 Å². The largest absolute Gasteiger partial charge is 0.494 e. The SMILES string of the molecule is CCOc1ccc(-c2c(C)sc3nc(C)nc(N(C)C4CCCCC4)c23)cc1. The van der Waals surface area contributed by atoms with E-state index < -0.39 is 0 Å². The first-order chi connectivity index (χ1) is 13.6. The number of aryl methyl sites for hydroxylation is 2. The van der Waals surface area contributed by atoms with Crippen LogP contribution in [-0.2, 0) is 0 Å². The highest BCUT2D eigenvalue weighted by molar-refractivity contribution is 7.19. The Kier molecular flexibility index (Phi) is 5.54. The molecule has 0 N–H and O–H groups in total.